The number of rotatable bonds is 22. The smallest absolute Gasteiger partial charge is 0.229 e. The zero-order valence-corrected chi connectivity index (χ0v) is 77.4. The lowest BCUT2D eigenvalue weighted by atomic mass is 9.90. The number of aryl methyl sites for hydroxylation is 6. The summed E-state index contributed by atoms with van der Waals surface area (Å²) in [5.41, 5.74) is 13.4. The number of hydrogen-bond acceptors (Lipinski definition) is 30. The van der Waals surface area contributed by atoms with Crippen molar-refractivity contribution in [2.24, 2.45) is 11.8 Å². The number of aromatic nitrogens is 22. The van der Waals surface area contributed by atoms with Gasteiger partial charge in [-0.25, -0.2) is 49.4 Å². The Morgan fingerprint density at radius 3 is 1.37 bits per heavy atom. The number of hydrogen-bond donors (Lipinski definition) is 7. The zero-order chi connectivity index (χ0) is 90.6. The molecule has 0 amide bonds. The summed E-state index contributed by atoms with van der Waals surface area (Å²) in [5.74, 6) is 9.43. The molecule has 0 radical (unpaired) electrons. The minimum Gasteiger partial charge on any atom is -0.366 e. The summed E-state index contributed by atoms with van der Waals surface area (Å²) in [6.07, 6.45) is 35.3. The first-order valence-corrected chi connectivity index (χ1v) is 45.6. The summed E-state index contributed by atoms with van der Waals surface area (Å²) in [6, 6.07) is 35.4. The average Bonchev–Trinajstić information content (AvgIpc) is 1.77. The quantitative estimate of drug-likeness (QED) is 0.0331. The zero-order valence-electron chi connectivity index (χ0n) is 74.3. The lowest BCUT2D eigenvalue weighted by molar-refractivity contribution is 0.365. The highest BCUT2D eigenvalue weighted by Gasteiger charge is 2.33. The Labute approximate surface area is 779 Å². The molecule has 0 aliphatic carbocycles. The molecule has 4 atom stereocenters. The van der Waals surface area contributed by atoms with E-state index in [0.717, 1.165) is 201 Å². The molecule has 4 aliphatic rings. The van der Waals surface area contributed by atoms with Gasteiger partial charge in [0, 0.05) is 192 Å². The van der Waals surface area contributed by atoms with Gasteiger partial charge in [0.25, 0.3) is 0 Å². The molecule has 20 heterocycles. The molecule has 20 rings (SSSR count). The standard InChI is InChI=1S/C25H29ClN8.C24H28ClN9.C23H25ClN8.C21H22ClN9/c1-4-18-15-33(22-6-5-16(2)12-27-22)9-8-21(18)31-24-20(26)14-29-25(32-24)30-19-7-10-34-17(3)13-28-23(34)11-19;1-4-17-14-33(21-6-5-15(2)31-32-21)9-8-20(17)29-23-19(25)13-27-24(30-23)28-18-7-10-34-16(3)12-26-22(34)11-18;1-16-3-6-21(25-13-16)31-11-8-18(9-12-31)30(2)22-20(24)14-26-23(29-22)28-17-4-5-19-7-10-27-32(19)15-17;1-14-2-3-18(29-28-14)30-8-4-15(5-9-30)25-20-17(22)13-24-21(27-20)26-16-6-10-31-11-7-23-19(31)12-16/h5-7,10-14,18,21H,4,8-9,15H2,1-3H3,(H2,29,30,31,32);5-7,10-13,17,20H,4,8-9,14H2,1-3H3,(H2,27,28,29,30);3-7,10,13-15,18H,8-9,11-12H2,1-2H3,(H,26,28,29);2-3,6-7,10-13,15H,4-5,8-9H2,1H3,(H2,24,25,26,27). The van der Waals surface area contributed by atoms with Crippen molar-refractivity contribution in [3.8, 4) is 0 Å². The third-order valence-corrected chi connectivity index (χ3v) is 25.3. The summed E-state index contributed by atoms with van der Waals surface area (Å²) >= 11 is 25.8. The van der Waals surface area contributed by atoms with Gasteiger partial charge in [0.05, 0.1) is 53.6 Å². The first-order valence-electron chi connectivity index (χ1n) is 44.1. The summed E-state index contributed by atoms with van der Waals surface area (Å²) in [5, 5.41) is 47.1. The summed E-state index contributed by atoms with van der Waals surface area (Å²) < 4.78 is 7.81. The molecule has 4 saturated heterocycles. The molecule has 4 fully saturated rings. The normalized spacial score (nSPS) is 16.6. The van der Waals surface area contributed by atoms with Gasteiger partial charge in [0.2, 0.25) is 23.8 Å². The lowest BCUT2D eigenvalue weighted by Gasteiger charge is -2.39. The Balaban J connectivity index is 0.000000122. The fourth-order valence-electron chi connectivity index (χ4n) is 16.7. The minimum absolute atomic E-state index is 0.254. The molecule has 34 nitrogen and oxygen atoms in total. The molecule has 674 valence electrons. The lowest BCUT2D eigenvalue weighted by Crippen LogP contribution is -2.46. The van der Waals surface area contributed by atoms with Crippen LogP contribution >= 0.6 is 46.4 Å². The van der Waals surface area contributed by atoms with Gasteiger partial charge < -0.3 is 74.9 Å². The largest absolute Gasteiger partial charge is 0.366 e. The number of nitrogens with one attached hydrogen (secondary N) is 7. The summed E-state index contributed by atoms with van der Waals surface area (Å²) in [7, 11) is 2.05. The first kappa shape index (κ1) is 89.3. The molecule has 7 N–H and O–H groups in total. The first-order chi connectivity index (χ1) is 63.7. The number of pyridine rings is 6. The van der Waals surface area contributed by atoms with Gasteiger partial charge in [-0.2, -0.15) is 35.2 Å². The van der Waals surface area contributed by atoms with Gasteiger partial charge in [-0.15, -0.1) is 10.2 Å². The van der Waals surface area contributed by atoms with Crippen LogP contribution in [0, 0.1) is 53.4 Å². The molecule has 0 spiro atoms. The van der Waals surface area contributed by atoms with Gasteiger partial charge in [0.1, 0.15) is 48.7 Å². The van der Waals surface area contributed by atoms with Crippen molar-refractivity contribution in [2.45, 2.75) is 131 Å². The second-order valence-electron chi connectivity index (χ2n) is 33.3. The van der Waals surface area contributed by atoms with E-state index in [1.807, 2.05) is 180 Å². The maximum Gasteiger partial charge on any atom is 0.229 e. The van der Waals surface area contributed by atoms with Crippen molar-refractivity contribution < 1.29 is 0 Å². The predicted octanol–water partition coefficient (Wildman–Crippen LogP) is 17.9. The van der Waals surface area contributed by atoms with Gasteiger partial charge in [0.15, 0.2) is 34.9 Å². The molecule has 0 saturated carbocycles. The van der Waals surface area contributed by atoms with E-state index in [2.05, 4.69) is 206 Å². The van der Waals surface area contributed by atoms with Crippen LogP contribution in [-0.2, 0) is 0 Å². The fourth-order valence-corrected chi connectivity index (χ4v) is 17.3. The number of piperidine rings is 4. The number of fused-ring (bicyclic) bond motifs is 4. The Kier molecular flexibility index (Phi) is 27.9. The van der Waals surface area contributed by atoms with Crippen LogP contribution in [-0.4, -0.2) is 192 Å². The minimum atomic E-state index is 0.254. The summed E-state index contributed by atoms with van der Waals surface area (Å²) in [6.45, 7) is 23.9. The number of imidazole rings is 3. The van der Waals surface area contributed by atoms with E-state index in [-0.39, 0.29) is 18.1 Å². The van der Waals surface area contributed by atoms with E-state index >= 15 is 0 Å². The van der Waals surface area contributed by atoms with Crippen molar-refractivity contribution in [2.75, 3.05) is 121 Å². The maximum atomic E-state index is 6.49. The summed E-state index contributed by atoms with van der Waals surface area (Å²) in [4.78, 5) is 69.8. The van der Waals surface area contributed by atoms with E-state index in [4.69, 9.17) is 51.4 Å². The van der Waals surface area contributed by atoms with Crippen molar-refractivity contribution in [3.63, 3.8) is 0 Å². The molecular weight excluding hydrogens is 1740 g/mol. The second kappa shape index (κ2) is 41.0. The molecule has 4 aliphatic heterocycles. The Morgan fingerprint density at radius 2 is 0.847 bits per heavy atom. The highest BCUT2D eigenvalue weighted by atomic mass is 35.5. The van der Waals surface area contributed by atoms with E-state index in [9.17, 15) is 0 Å². The average molecular weight is 1840 g/mol. The van der Waals surface area contributed by atoms with Gasteiger partial charge in [-0.05, 0) is 189 Å². The van der Waals surface area contributed by atoms with Crippen LogP contribution in [0.15, 0.2) is 196 Å². The molecule has 16 aromatic heterocycles. The third-order valence-electron chi connectivity index (χ3n) is 24.2. The number of anilines is 16. The highest BCUT2D eigenvalue weighted by Crippen LogP contribution is 2.36. The second-order valence-corrected chi connectivity index (χ2v) is 35.0. The van der Waals surface area contributed by atoms with Crippen LogP contribution in [0.1, 0.15) is 99.1 Å². The Bertz CT molecular complexity index is 6340. The van der Waals surface area contributed by atoms with Crippen molar-refractivity contribution in [1.82, 2.24) is 108 Å². The van der Waals surface area contributed by atoms with Crippen LogP contribution in [0.25, 0.3) is 22.5 Å². The van der Waals surface area contributed by atoms with E-state index in [1.54, 1.807) is 37.2 Å². The topological polar surface area (TPSA) is 350 Å². The van der Waals surface area contributed by atoms with Crippen LogP contribution in [0.3, 0.4) is 0 Å². The molecule has 0 aromatic carbocycles. The van der Waals surface area contributed by atoms with E-state index in [1.165, 1.54) is 11.1 Å². The van der Waals surface area contributed by atoms with Gasteiger partial charge in [-0.1, -0.05) is 72.4 Å². The molecule has 131 heavy (non-hydrogen) atoms. The highest BCUT2D eigenvalue weighted by molar-refractivity contribution is 6.34. The molecular formula is C93H104Cl4N34. The number of nitrogens with zero attached hydrogens (tertiary/aromatic N) is 27. The monoisotopic (exact) mass is 1840 g/mol. The van der Waals surface area contributed by atoms with Crippen molar-refractivity contribution in [1.29, 1.82) is 0 Å². The SMILES string of the molecule is CCC1CN(c2ccc(C)cn2)CCC1Nc1nc(Nc2ccn3c(C)cnc3c2)ncc1Cl.CCC1CN(c2ccc(C)nn2)CCC1Nc1nc(Nc2ccn3c(C)cnc3c2)ncc1Cl.Cc1ccc(N2CCC(N(C)c3nc(Nc4ccc5ccnn5c4)ncc3Cl)CC2)nc1.Cc1ccc(N2CCC(Nc3nc(Nc4ccn5ccnc5c4)ncc3Cl)CC2)nn1. The van der Waals surface area contributed by atoms with Gasteiger partial charge in [-0.3, -0.25) is 0 Å². The van der Waals surface area contributed by atoms with E-state index in [0.29, 0.717) is 79.2 Å². The van der Waals surface area contributed by atoms with Crippen LogP contribution < -0.4 is 61.7 Å². The van der Waals surface area contributed by atoms with Crippen LogP contribution in [0.4, 0.5) is 93.1 Å². The molecule has 38 heteroatoms. The van der Waals surface area contributed by atoms with Crippen LogP contribution in [0.5, 0.6) is 0 Å². The predicted molar refractivity (Wildman–Crippen MR) is 522 cm³/mol. The van der Waals surface area contributed by atoms with Crippen molar-refractivity contribution >= 4 is 162 Å². The van der Waals surface area contributed by atoms with E-state index < -0.39 is 0 Å². The molecule has 4 unspecified atom stereocenters. The fraction of sp³-hybridized carbons (Fsp3) is 0.333. The Hall–Kier alpha value is -13.7. The maximum absolute atomic E-state index is 6.49. The van der Waals surface area contributed by atoms with Gasteiger partial charge >= 0.3 is 0 Å². The van der Waals surface area contributed by atoms with Crippen molar-refractivity contribution in [3.05, 3.63) is 250 Å². The number of halogens is 4. The van der Waals surface area contributed by atoms with Crippen LogP contribution in [0.2, 0.25) is 20.1 Å². The molecule has 16 aromatic rings. The third kappa shape index (κ3) is 22.1. The molecule has 0 bridgehead atoms. The Morgan fingerprint density at radius 1 is 0.389 bits per heavy atom.